The smallest absolute Gasteiger partial charge is 0.229 e. The fraction of sp³-hybridized carbons (Fsp3) is 0.409. The highest BCUT2D eigenvalue weighted by molar-refractivity contribution is 7.92. The Morgan fingerprint density at radius 2 is 1.97 bits per heavy atom. The lowest BCUT2D eigenvalue weighted by Gasteiger charge is -2.37. The Hall–Kier alpha value is -2.33. The second-order valence-electron chi connectivity index (χ2n) is 8.14. The van der Waals surface area contributed by atoms with Crippen LogP contribution in [0.4, 0.5) is 5.69 Å². The van der Waals surface area contributed by atoms with Gasteiger partial charge in [0, 0.05) is 28.7 Å². The summed E-state index contributed by atoms with van der Waals surface area (Å²) >= 11 is 5.88. The molecule has 172 valence electrons. The molecule has 4 rings (SSSR count). The molecule has 2 heterocycles. The van der Waals surface area contributed by atoms with Gasteiger partial charge in [-0.15, -0.1) is 0 Å². The number of aliphatic hydroxyl groups is 1. The number of carbonyl (C=O) groups excluding carboxylic acids is 1. The molecule has 10 heteroatoms. The summed E-state index contributed by atoms with van der Waals surface area (Å²) < 4.78 is 37.6. The first-order valence-corrected chi connectivity index (χ1v) is 12.5. The van der Waals surface area contributed by atoms with Crippen LogP contribution in [0, 0.1) is 0 Å². The normalized spacial score (nSPS) is 24.2. The summed E-state index contributed by atoms with van der Waals surface area (Å²) in [5, 5.41) is 13.4. The number of carbonyl (C=O) groups is 1. The van der Waals surface area contributed by atoms with Crippen LogP contribution in [-0.2, 0) is 26.1 Å². The van der Waals surface area contributed by atoms with Crippen molar-refractivity contribution in [2.45, 2.75) is 43.6 Å². The molecule has 2 aliphatic heterocycles. The molecular weight excluding hydrogens is 456 g/mol. The summed E-state index contributed by atoms with van der Waals surface area (Å²) in [4.78, 5) is 12.5. The highest BCUT2D eigenvalue weighted by Crippen LogP contribution is 2.47. The maximum Gasteiger partial charge on any atom is 0.229 e. The first-order valence-electron chi connectivity index (χ1n) is 10.3. The number of amides is 1. The second-order valence-corrected chi connectivity index (χ2v) is 10.3. The van der Waals surface area contributed by atoms with Crippen LogP contribution in [0.5, 0.6) is 5.75 Å². The predicted octanol–water partition coefficient (Wildman–Crippen LogP) is 2.41. The molecule has 0 bridgehead atoms. The van der Waals surface area contributed by atoms with Crippen LogP contribution < -0.4 is 14.8 Å². The van der Waals surface area contributed by atoms with Crippen LogP contribution in [0.2, 0.25) is 5.02 Å². The lowest BCUT2D eigenvalue weighted by Crippen LogP contribution is -2.47. The van der Waals surface area contributed by atoms with E-state index in [-0.39, 0.29) is 24.9 Å². The van der Waals surface area contributed by atoms with E-state index in [9.17, 15) is 18.3 Å². The van der Waals surface area contributed by atoms with E-state index in [4.69, 9.17) is 21.1 Å². The zero-order chi connectivity index (χ0) is 22.9. The molecule has 1 amide bonds. The van der Waals surface area contributed by atoms with Gasteiger partial charge in [0.05, 0.1) is 25.4 Å². The van der Waals surface area contributed by atoms with Gasteiger partial charge in [0.1, 0.15) is 18.0 Å². The maximum absolute atomic E-state index is 12.5. The molecular formula is C22H25ClN2O6S. The van der Waals surface area contributed by atoms with Gasteiger partial charge in [-0.2, -0.15) is 0 Å². The van der Waals surface area contributed by atoms with Crippen molar-refractivity contribution in [1.29, 1.82) is 0 Å². The van der Waals surface area contributed by atoms with Crippen molar-refractivity contribution >= 4 is 33.2 Å². The zero-order valence-corrected chi connectivity index (χ0v) is 19.0. The van der Waals surface area contributed by atoms with Crippen LogP contribution in [0.1, 0.15) is 29.9 Å². The van der Waals surface area contributed by atoms with Crippen molar-refractivity contribution in [2.75, 3.05) is 17.6 Å². The van der Waals surface area contributed by atoms with Gasteiger partial charge >= 0.3 is 0 Å². The van der Waals surface area contributed by atoms with Crippen LogP contribution in [0.3, 0.4) is 0 Å². The first-order chi connectivity index (χ1) is 15.2. The minimum atomic E-state index is -3.41. The van der Waals surface area contributed by atoms with Gasteiger partial charge in [0.25, 0.3) is 0 Å². The molecule has 0 aliphatic carbocycles. The van der Waals surface area contributed by atoms with Crippen LogP contribution in [0.15, 0.2) is 42.5 Å². The number of ether oxygens (including phenoxy) is 2. The lowest BCUT2D eigenvalue weighted by atomic mass is 9.84. The van der Waals surface area contributed by atoms with Crippen LogP contribution in [-0.4, -0.2) is 50.6 Å². The van der Waals surface area contributed by atoms with Gasteiger partial charge < -0.3 is 19.9 Å². The van der Waals surface area contributed by atoms with Crippen molar-refractivity contribution in [3.05, 3.63) is 58.6 Å². The minimum absolute atomic E-state index is 0.119. The quantitative estimate of drug-likeness (QED) is 0.560. The highest BCUT2D eigenvalue weighted by Gasteiger charge is 2.46. The Morgan fingerprint density at radius 3 is 2.66 bits per heavy atom. The first kappa shape index (κ1) is 22.8. The largest absolute Gasteiger partial charge is 0.487 e. The lowest BCUT2D eigenvalue weighted by molar-refractivity contribution is -0.142. The summed E-state index contributed by atoms with van der Waals surface area (Å²) in [5.74, 6) is 0.354. The van der Waals surface area contributed by atoms with E-state index in [1.807, 2.05) is 12.1 Å². The van der Waals surface area contributed by atoms with Crippen LogP contribution in [0.25, 0.3) is 0 Å². The molecule has 8 nitrogen and oxygen atoms in total. The van der Waals surface area contributed by atoms with E-state index in [2.05, 4.69) is 10.0 Å². The van der Waals surface area contributed by atoms with Gasteiger partial charge in [-0.1, -0.05) is 23.7 Å². The van der Waals surface area contributed by atoms with Crippen molar-refractivity contribution in [2.24, 2.45) is 0 Å². The molecule has 4 atom stereocenters. The molecule has 0 radical (unpaired) electrons. The summed E-state index contributed by atoms with van der Waals surface area (Å²) in [6.07, 6.45) is 0.376. The molecule has 0 saturated carbocycles. The fourth-order valence-electron chi connectivity index (χ4n) is 4.25. The van der Waals surface area contributed by atoms with Gasteiger partial charge in [-0.05, 0) is 42.3 Å². The maximum atomic E-state index is 12.5. The number of halogens is 1. The van der Waals surface area contributed by atoms with E-state index in [0.29, 0.717) is 29.4 Å². The monoisotopic (exact) mass is 480 g/mol. The number of hydrogen-bond donors (Lipinski definition) is 3. The van der Waals surface area contributed by atoms with Crippen molar-refractivity contribution in [3.8, 4) is 5.75 Å². The molecule has 0 aromatic heterocycles. The number of hydrogen-bond acceptors (Lipinski definition) is 6. The number of fused-ring (bicyclic) bond motifs is 3. The molecule has 1 fully saturated rings. The highest BCUT2D eigenvalue weighted by atomic mass is 35.5. The van der Waals surface area contributed by atoms with Gasteiger partial charge in [-0.25, -0.2) is 8.42 Å². The van der Waals surface area contributed by atoms with Crippen molar-refractivity contribution < 1.29 is 27.8 Å². The summed E-state index contributed by atoms with van der Waals surface area (Å²) in [7, 11) is -3.41. The van der Waals surface area contributed by atoms with Gasteiger partial charge in [0.2, 0.25) is 15.9 Å². The molecule has 2 aliphatic rings. The van der Waals surface area contributed by atoms with Crippen molar-refractivity contribution in [1.82, 2.24) is 5.32 Å². The number of benzene rings is 2. The van der Waals surface area contributed by atoms with E-state index in [1.165, 1.54) is 0 Å². The standard InChI is InChI=1S/C22H25ClN2O6S/c1-32(28,29)25-15-6-7-19-17(8-15)18-9-16(30-20(12-26)22(18)31-19)10-21(27)24-11-13-2-4-14(23)5-3-13/h2-8,16,18,20,22,25-26H,9-12H2,1H3,(H,24,27)/t16-,18-,20+,22+/m1/s1. The molecule has 3 N–H and O–H groups in total. The summed E-state index contributed by atoms with van der Waals surface area (Å²) in [6.45, 7) is 0.136. The molecule has 1 saturated heterocycles. The Morgan fingerprint density at radius 1 is 1.22 bits per heavy atom. The fourth-order valence-corrected chi connectivity index (χ4v) is 4.93. The number of sulfonamides is 1. The zero-order valence-electron chi connectivity index (χ0n) is 17.5. The van der Waals surface area contributed by atoms with E-state index in [0.717, 1.165) is 17.4 Å². The summed E-state index contributed by atoms with van der Waals surface area (Å²) in [5.41, 5.74) is 2.22. The van der Waals surface area contributed by atoms with Gasteiger partial charge in [0.15, 0.2) is 0 Å². The van der Waals surface area contributed by atoms with Crippen molar-refractivity contribution in [3.63, 3.8) is 0 Å². The topological polar surface area (TPSA) is 114 Å². The third-order valence-corrected chi connectivity index (χ3v) is 6.48. The van der Waals surface area contributed by atoms with E-state index >= 15 is 0 Å². The molecule has 32 heavy (non-hydrogen) atoms. The SMILES string of the molecule is CS(=O)(=O)Nc1ccc2c(c1)[C@H]1C[C@H](CC(=O)NCc3ccc(Cl)cc3)O[C@@H](CO)[C@H]1O2. The number of anilines is 1. The average molecular weight is 481 g/mol. The Labute approximate surface area is 191 Å². The average Bonchev–Trinajstić information content (AvgIpc) is 3.09. The van der Waals surface area contributed by atoms with Gasteiger partial charge in [-0.3, -0.25) is 9.52 Å². The minimum Gasteiger partial charge on any atom is -0.487 e. The Bertz CT molecular complexity index is 1090. The molecule has 0 unspecified atom stereocenters. The third kappa shape index (κ3) is 5.35. The number of aliphatic hydroxyl groups excluding tert-OH is 1. The number of rotatable bonds is 7. The molecule has 2 aromatic carbocycles. The second kappa shape index (κ2) is 9.27. The third-order valence-electron chi connectivity index (χ3n) is 5.62. The predicted molar refractivity (Wildman–Crippen MR) is 120 cm³/mol. The molecule has 0 spiro atoms. The van der Waals surface area contributed by atoms with E-state index in [1.54, 1.807) is 30.3 Å². The summed E-state index contributed by atoms with van der Waals surface area (Å²) in [6, 6.07) is 12.3. The molecule has 2 aromatic rings. The Balaban J connectivity index is 1.43. The van der Waals surface area contributed by atoms with Crippen LogP contribution >= 0.6 is 11.6 Å². The van der Waals surface area contributed by atoms with E-state index < -0.39 is 28.3 Å². The number of nitrogens with one attached hydrogen (secondary N) is 2. The Kier molecular flexibility index (Phi) is 6.62.